The highest BCUT2D eigenvalue weighted by Crippen LogP contribution is 2.20. The number of anilines is 1. The third-order valence-corrected chi connectivity index (χ3v) is 3.31. The molecule has 3 rings (SSSR count). The zero-order valence-corrected chi connectivity index (χ0v) is 12.5. The summed E-state index contributed by atoms with van der Waals surface area (Å²) in [7, 11) is 1.80. The van der Waals surface area contributed by atoms with Gasteiger partial charge in [-0.2, -0.15) is 0 Å². The number of hydrogen-bond donors (Lipinski definition) is 1. The van der Waals surface area contributed by atoms with Gasteiger partial charge in [0.1, 0.15) is 24.7 Å². The maximum atomic E-state index is 12.1. The van der Waals surface area contributed by atoms with Crippen LogP contribution in [0.1, 0.15) is 10.4 Å². The van der Waals surface area contributed by atoms with Crippen LogP contribution < -0.4 is 5.32 Å². The molecule has 0 radical (unpaired) electrons. The quantitative estimate of drug-likeness (QED) is 0.733. The molecule has 23 heavy (non-hydrogen) atoms. The number of esters is 1. The van der Waals surface area contributed by atoms with E-state index in [1.54, 1.807) is 42.2 Å². The van der Waals surface area contributed by atoms with E-state index in [2.05, 4.69) is 15.3 Å². The Morgan fingerprint density at radius 2 is 2.17 bits per heavy atom. The number of fused-ring (bicyclic) bond motifs is 1. The van der Waals surface area contributed by atoms with Gasteiger partial charge in [-0.25, -0.2) is 19.2 Å². The number of carbonyl (C=O) groups is 1. The number of aromatic nitrogens is 3. The minimum absolute atomic E-state index is 0.241. The summed E-state index contributed by atoms with van der Waals surface area (Å²) in [6, 6.07) is 7.09. The molecule has 0 saturated heterocycles. The number of nitrogens with one attached hydrogen (secondary N) is 1. The summed E-state index contributed by atoms with van der Waals surface area (Å²) < 4.78 is 18.6. The van der Waals surface area contributed by atoms with Gasteiger partial charge in [0.05, 0.1) is 11.3 Å². The van der Waals surface area contributed by atoms with E-state index in [4.69, 9.17) is 4.74 Å². The molecule has 0 spiro atoms. The molecule has 0 saturated carbocycles. The molecule has 0 bridgehead atoms. The van der Waals surface area contributed by atoms with Crippen LogP contribution in [0.3, 0.4) is 0 Å². The van der Waals surface area contributed by atoms with Crippen LogP contribution in [-0.2, 0) is 4.74 Å². The number of nitrogens with zero attached hydrogens (tertiary/aromatic N) is 3. The molecule has 0 atom stereocenters. The fourth-order valence-corrected chi connectivity index (χ4v) is 2.16. The van der Waals surface area contributed by atoms with Gasteiger partial charge in [0, 0.05) is 31.2 Å². The molecule has 7 heteroatoms. The van der Waals surface area contributed by atoms with Gasteiger partial charge in [0.15, 0.2) is 0 Å². The maximum Gasteiger partial charge on any atom is 0.339 e. The molecule has 0 unspecified atom stereocenters. The van der Waals surface area contributed by atoms with Gasteiger partial charge in [-0.15, -0.1) is 0 Å². The third-order valence-electron chi connectivity index (χ3n) is 3.31. The van der Waals surface area contributed by atoms with Gasteiger partial charge < -0.3 is 14.5 Å². The van der Waals surface area contributed by atoms with Gasteiger partial charge in [-0.3, -0.25) is 0 Å². The molecule has 118 valence electrons. The Bertz CT molecular complexity index is 830. The highest BCUT2D eigenvalue weighted by molar-refractivity contribution is 5.89. The van der Waals surface area contributed by atoms with E-state index in [0.717, 1.165) is 17.1 Å². The summed E-state index contributed by atoms with van der Waals surface area (Å²) in [5.41, 5.74) is 2.65. The van der Waals surface area contributed by atoms with E-state index in [1.807, 2.05) is 12.1 Å². The van der Waals surface area contributed by atoms with Gasteiger partial charge >= 0.3 is 5.97 Å². The minimum atomic E-state index is -0.696. The van der Waals surface area contributed by atoms with Crippen LogP contribution in [0.15, 0.2) is 42.9 Å². The van der Waals surface area contributed by atoms with Gasteiger partial charge in [0.2, 0.25) is 0 Å². The molecular formula is C16H15FN4O2. The summed E-state index contributed by atoms with van der Waals surface area (Å²) in [6.45, 7) is -0.936. The number of imidazole rings is 1. The first-order valence-electron chi connectivity index (χ1n) is 7.07. The lowest BCUT2D eigenvalue weighted by molar-refractivity contribution is 0.0480. The number of carbonyl (C=O) groups excluding carboxylic acids is 1. The Kier molecular flexibility index (Phi) is 4.18. The predicted molar refractivity (Wildman–Crippen MR) is 84.2 cm³/mol. The lowest BCUT2D eigenvalue weighted by atomic mass is 10.2. The van der Waals surface area contributed by atoms with Crippen molar-refractivity contribution in [1.29, 1.82) is 0 Å². The molecule has 0 aliphatic heterocycles. The summed E-state index contributed by atoms with van der Waals surface area (Å²) in [5, 5.41) is 2.95. The summed E-state index contributed by atoms with van der Waals surface area (Å²) in [4.78, 5) is 20.5. The van der Waals surface area contributed by atoms with Crippen molar-refractivity contribution in [1.82, 2.24) is 14.4 Å². The van der Waals surface area contributed by atoms with Crippen LogP contribution in [0.2, 0.25) is 0 Å². The number of hydrogen-bond acceptors (Lipinski definition) is 5. The third kappa shape index (κ3) is 3.13. The largest absolute Gasteiger partial charge is 0.459 e. The van der Waals surface area contributed by atoms with Gasteiger partial charge in [-0.1, -0.05) is 0 Å². The average Bonchev–Trinajstić information content (AvgIpc) is 3.02. The Morgan fingerprint density at radius 3 is 2.87 bits per heavy atom. The molecule has 1 N–H and O–H groups in total. The van der Waals surface area contributed by atoms with Gasteiger partial charge in [0.25, 0.3) is 0 Å². The molecule has 0 aromatic carbocycles. The molecule has 3 aromatic heterocycles. The molecule has 3 aromatic rings. The van der Waals surface area contributed by atoms with E-state index in [0.29, 0.717) is 11.2 Å². The summed E-state index contributed by atoms with van der Waals surface area (Å²) >= 11 is 0. The number of rotatable bonds is 5. The van der Waals surface area contributed by atoms with Crippen molar-refractivity contribution in [3.8, 4) is 11.3 Å². The van der Waals surface area contributed by atoms with E-state index in [-0.39, 0.29) is 6.61 Å². The monoisotopic (exact) mass is 314 g/mol. The Balaban J connectivity index is 1.90. The fraction of sp³-hybridized carbons (Fsp3) is 0.188. The fourth-order valence-electron chi connectivity index (χ4n) is 2.16. The van der Waals surface area contributed by atoms with E-state index in [1.165, 1.54) is 0 Å². The van der Waals surface area contributed by atoms with E-state index < -0.39 is 12.6 Å². The molecule has 3 heterocycles. The van der Waals surface area contributed by atoms with Crippen LogP contribution in [0.25, 0.3) is 16.9 Å². The number of pyridine rings is 2. The first-order chi connectivity index (χ1) is 11.2. The van der Waals surface area contributed by atoms with Crippen molar-refractivity contribution in [2.24, 2.45) is 0 Å². The first kappa shape index (κ1) is 15.0. The van der Waals surface area contributed by atoms with E-state index >= 15 is 0 Å². The molecule has 6 nitrogen and oxygen atoms in total. The average molecular weight is 314 g/mol. The van der Waals surface area contributed by atoms with Crippen molar-refractivity contribution in [3.63, 3.8) is 0 Å². The lowest BCUT2D eigenvalue weighted by Gasteiger charge is -2.02. The van der Waals surface area contributed by atoms with Crippen LogP contribution in [-0.4, -0.2) is 40.7 Å². The molecule has 0 aliphatic rings. The van der Waals surface area contributed by atoms with Crippen molar-refractivity contribution in [2.45, 2.75) is 0 Å². The van der Waals surface area contributed by atoms with Crippen molar-refractivity contribution < 1.29 is 13.9 Å². The predicted octanol–water partition coefficient (Wildman–Crippen LogP) is 2.56. The Labute approximate surface area is 131 Å². The lowest BCUT2D eigenvalue weighted by Crippen LogP contribution is -2.08. The maximum absolute atomic E-state index is 12.1. The van der Waals surface area contributed by atoms with Crippen molar-refractivity contribution in [3.05, 3.63) is 48.4 Å². The second-order valence-electron chi connectivity index (χ2n) is 4.82. The SMILES string of the molecule is CNc1ccc(-c2cn3cc(C(=O)OCCF)ccc3n2)cn1. The second-order valence-corrected chi connectivity index (χ2v) is 4.82. The van der Waals surface area contributed by atoms with Crippen molar-refractivity contribution in [2.75, 3.05) is 25.6 Å². The highest BCUT2D eigenvalue weighted by Gasteiger charge is 2.10. The van der Waals surface area contributed by atoms with Gasteiger partial charge in [-0.05, 0) is 24.3 Å². The van der Waals surface area contributed by atoms with Crippen LogP contribution in [0.5, 0.6) is 0 Å². The van der Waals surface area contributed by atoms with Crippen molar-refractivity contribution >= 4 is 17.4 Å². The van der Waals surface area contributed by atoms with Crippen LogP contribution in [0.4, 0.5) is 10.2 Å². The first-order valence-corrected chi connectivity index (χ1v) is 7.07. The van der Waals surface area contributed by atoms with Crippen LogP contribution in [0, 0.1) is 0 Å². The topological polar surface area (TPSA) is 68.5 Å². The normalized spacial score (nSPS) is 10.7. The summed E-state index contributed by atoms with van der Waals surface area (Å²) in [5.74, 6) is 0.218. The second kappa shape index (κ2) is 6.43. The highest BCUT2D eigenvalue weighted by atomic mass is 19.1. The number of alkyl halides is 1. The Hall–Kier alpha value is -2.96. The number of ether oxygens (including phenoxy) is 1. The zero-order valence-electron chi connectivity index (χ0n) is 12.5. The standard InChI is InChI=1S/C16H15FN4O2/c1-18-14-4-2-11(8-19-14)13-10-21-9-12(3-5-15(21)20-13)16(22)23-7-6-17/h2-5,8-10H,6-7H2,1H3,(H,18,19). The molecule has 0 aliphatic carbocycles. The van der Waals surface area contributed by atoms with Crippen LogP contribution >= 0.6 is 0 Å². The molecular weight excluding hydrogens is 299 g/mol. The zero-order chi connectivity index (χ0) is 16.2. The Morgan fingerprint density at radius 1 is 1.30 bits per heavy atom. The molecule has 0 amide bonds. The smallest absolute Gasteiger partial charge is 0.339 e. The number of halogens is 1. The summed E-state index contributed by atoms with van der Waals surface area (Å²) in [6.07, 6.45) is 5.14. The van der Waals surface area contributed by atoms with E-state index in [9.17, 15) is 9.18 Å². The minimum Gasteiger partial charge on any atom is -0.459 e. The molecule has 0 fully saturated rings.